The van der Waals surface area contributed by atoms with E-state index in [1.54, 1.807) is 36.4 Å². The number of carbonyl (C=O) groups excluding carboxylic acids is 2. The van der Waals surface area contributed by atoms with Gasteiger partial charge in [0.1, 0.15) is 0 Å². The maximum Gasteiger partial charge on any atom is 0.277 e. The lowest BCUT2D eigenvalue weighted by atomic mass is 10.1. The Morgan fingerprint density at radius 3 is 2.41 bits per heavy atom. The number of thioether (sulfide) groups is 1. The molecule has 0 radical (unpaired) electrons. The van der Waals surface area contributed by atoms with Crippen molar-refractivity contribution < 1.29 is 14.0 Å². The van der Waals surface area contributed by atoms with Crippen LogP contribution in [0.3, 0.4) is 0 Å². The molecule has 8 heteroatoms. The van der Waals surface area contributed by atoms with Crippen molar-refractivity contribution >= 4 is 35.0 Å². The molecule has 3 aromatic carbocycles. The summed E-state index contributed by atoms with van der Waals surface area (Å²) < 4.78 is 5.68. The number of carbonyl (C=O) groups is 2. The van der Waals surface area contributed by atoms with Crippen LogP contribution in [0.4, 0.5) is 11.4 Å². The van der Waals surface area contributed by atoms with Gasteiger partial charge in [0.15, 0.2) is 0 Å². The molecule has 32 heavy (non-hydrogen) atoms. The Balaban J connectivity index is 1.38. The fourth-order valence-electron chi connectivity index (χ4n) is 3.01. The zero-order valence-electron chi connectivity index (χ0n) is 17.2. The van der Waals surface area contributed by atoms with E-state index < -0.39 is 0 Å². The van der Waals surface area contributed by atoms with Gasteiger partial charge < -0.3 is 15.1 Å². The summed E-state index contributed by atoms with van der Waals surface area (Å²) in [6.07, 6.45) is 0. The Bertz CT molecular complexity index is 1240. The highest BCUT2D eigenvalue weighted by molar-refractivity contribution is 7.99. The standard InChI is InChI=1S/C24H20N4O3S/c1-16-9-5-6-12-18(16)23-27-28-24(31-23)32-15-21(29)26-20-14-8-7-13-19(20)22(30)25-17-10-3-2-4-11-17/h2-14H,15H2,1H3,(H,25,30)(H,26,29). The Hall–Kier alpha value is -3.91. The molecule has 1 heterocycles. The third-order valence-corrected chi connectivity index (χ3v) is 5.40. The SMILES string of the molecule is Cc1ccccc1-c1nnc(SCC(=O)Nc2ccccc2C(=O)Nc2ccccc2)o1. The zero-order valence-corrected chi connectivity index (χ0v) is 18.1. The Morgan fingerprint density at radius 2 is 1.59 bits per heavy atom. The molecule has 4 rings (SSSR count). The van der Waals surface area contributed by atoms with E-state index in [1.807, 2.05) is 49.4 Å². The molecular formula is C24H20N4O3S. The molecule has 0 aliphatic heterocycles. The van der Waals surface area contributed by atoms with Gasteiger partial charge in [-0.25, -0.2) is 0 Å². The average Bonchev–Trinajstić information content (AvgIpc) is 3.28. The van der Waals surface area contributed by atoms with E-state index in [0.29, 0.717) is 28.1 Å². The second-order valence-electron chi connectivity index (χ2n) is 6.89. The number of aromatic nitrogens is 2. The van der Waals surface area contributed by atoms with Crippen molar-refractivity contribution in [2.24, 2.45) is 0 Å². The monoisotopic (exact) mass is 444 g/mol. The van der Waals surface area contributed by atoms with Crippen molar-refractivity contribution in [2.45, 2.75) is 12.1 Å². The molecule has 2 amide bonds. The maximum absolute atomic E-state index is 12.7. The molecule has 0 saturated carbocycles. The van der Waals surface area contributed by atoms with Crippen molar-refractivity contribution in [3.05, 3.63) is 90.0 Å². The van der Waals surface area contributed by atoms with Gasteiger partial charge in [-0.3, -0.25) is 9.59 Å². The fraction of sp³-hybridized carbons (Fsp3) is 0.0833. The molecule has 0 spiro atoms. The summed E-state index contributed by atoms with van der Waals surface area (Å²) in [5.41, 5.74) is 3.35. The predicted molar refractivity (Wildman–Crippen MR) is 125 cm³/mol. The van der Waals surface area contributed by atoms with Gasteiger partial charge in [-0.2, -0.15) is 0 Å². The van der Waals surface area contributed by atoms with Gasteiger partial charge in [0.2, 0.25) is 11.8 Å². The van der Waals surface area contributed by atoms with E-state index in [1.165, 1.54) is 0 Å². The van der Waals surface area contributed by atoms with E-state index in [9.17, 15) is 9.59 Å². The number of anilines is 2. The van der Waals surface area contributed by atoms with Gasteiger partial charge in [0.25, 0.3) is 11.1 Å². The number of nitrogens with one attached hydrogen (secondary N) is 2. The maximum atomic E-state index is 12.7. The normalized spacial score (nSPS) is 10.5. The number of amides is 2. The first-order valence-electron chi connectivity index (χ1n) is 9.88. The lowest BCUT2D eigenvalue weighted by Crippen LogP contribution is -2.19. The molecule has 0 bridgehead atoms. The highest BCUT2D eigenvalue weighted by Crippen LogP contribution is 2.26. The predicted octanol–water partition coefficient (Wildman–Crippen LogP) is 5.03. The lowest BCUT2D eigenvalue weighted by Gasteiger charge is -2.11. The minimum Gasteiger partial charge on any atom is -0.411 e. The van der Waals surface area contributed by atoms with Crippen LogP contribution in [0.5, 0.6) is 0 Å². The summed E-state index contributed by atoms with van der Waals surface area (Å²) in [5.74, 6) is -0.122. The Morgan fingerprint density at radius 1 is 0.875 bits per heavy atom. The van der Waals surface area contributed by atoms with Gasteiger partial charge in [-0.1, -0.05) is 60.3 Å². The third kappa shape index (κ3) is 5.22. The first-order chi connectivity index (χ1) is 15.6. The number of para-hydroxylation sites is 2. The van der Waals surface area contributed by atoms with Crippen molar-refractivity contribution in [1.29, 1.82) is 0 Å². The van der Waals surface area contributed by atoms with Gasteiger partial charge in [0.05, 0.1) is 17.0 Å². The smallest absolute Gasteiger partial charge is 0.277 e. The molecule has 1 aromatic heterocycles. The summed E-state index contributed by atoms with van der Waals surface area (Å²) in [7, 11) is 0. The van der Waals surface area contributed by atoms with Crippen LogP contribution in [0.25, 0.3) is 11.5 Å². The van der Waals surface area contributed by atoms with Gasteiger partial charge in [-0.15, -0.1) is 10.2 Å². The summed E-state index contributed by atoms with van der Waals surface area (Å²) in [6, 6.07) is 23.7. The van der Waals surface area contributed by atoms with Crippen LogP contribution in [-0.4, -0.2) is 27.8 Å². The molecule has 0 saturated heterocycles. The highest BCUT2D eigenvalue weighted by atomic mass is 32.2. The summed E-state index contributed by atoms with van der Waals surface area (Å²) in [6.45, 7) is 1.96. The number of nitrogens with zero attached hydrogens (tertiary/aromatic N) is 2. The number of hydrogen-bond acceptors (Lipinski definition) is 6. The largest absolute Gasteiger partial charge is 0.411 e. The quantitative estimate of drug-likeness (QED) is 0.388. The van der Waals surface area contributed by atoms with Crippen LogP contribution < -0.4 is 10.6 Å². The van der Waals surface area contributed by atoms with Crippen LogP contribution >= 0.6 is 11.8 Å². The van der Waals surface area contributed by atoms with Crippen molar-refractivity contribution in [3.8, 4) is 11.5 Å². The molecular weight excluding hydrogens is 424 g/mol. The number of rotatable bonds is 7. The van der Waals surface area contributed by atoms with E-state index in [4.69, 9.17) is 4.42 Å². The van der Waals surface area contributed by atoms with Crippen LogP contribution in [0.2, 0.25) is 0 Å². The Kier molecular flexibility index (Phi) is 6.62. The molecule has 0 aliphatic carbocycles. The minimum atomic E-state index is -0.306. The zero-order chi connectivity index (χ0) is 22.3. The Labute approximate surface area is 189 Å². The molecule has 0 fully saturated rings. The van der Waals surface area contributed by atoms with Gasteiger partial charge in [-0.05, 0) is 42.8 Å². The summed E-state index contributed by atoms with van der Waals surface area (Å²) in [4.78, 5) is 25.2. The highest BCUT2D eigenvalue weighted by Gasteiger charge is 2.16. The van der Waals surface area contributed by atoms with Gasteiger partial charge in [0, 0.05) is 11.3 Å². The van der Waals surface area contributed by atoms with E-state index in [0.717, 1.165) is 22.9 Å². The van der Waals surface area contributed by atoms with Crippen molar-refractivity contribution in [1.82, 2.24) is 10.2 Å². The van der Waals surface area contributed by atoms with Crippen molar-refractivity contribution in [2.75, 3.05) is 16.4 Å². The molecule has 4 aromatic rings. The second-order valence-corrected chi connectivity index (χ2v) is 7.82. The summed E-state index contributed by atoms with van der Waals surface area (Å²) >= 11 is 1.13. The average molecular weight is 445 g/mol. The molecule has 2 N–H and O–H groups in total. The molecule has 160 valence electrons. The topological polar surface area (TPSA) is 97.1 Å². The van der Waals surface area contributed by atoms with Gasteiger partial charge >= 0.3 is 0 Å². The first kappa shape index (κ1) is 21.3. The van der Waals surface area contributed by atoms with Crippen LogP contribution in [0.15, 0.2) is 88.5 Å². The molecule has 0 unspecified atom stereocenters. The second kappa shape index (κ2) is 9.93. The fourth-order valence-corrected chi connectivity index (χ4v) is 3.58. The van der Waals surface area contributed by atoms with Crippen LogP contribution in [-0.2, 0) is 4.79 Å². The van der Waals surface area contributed by atoms with E-state index in [2.05, 4.69) is 20.8 Å². The number of aryl methyl sites for hydroxylation is 1. The van der Waals surface area contributed by atoms with E-state index >= 15 is 0 Å². The number of hydrogen-bond donors (Lipinski definition) is 2. The first-order valence-corrected chi connectivity index (χ1v) is 10.9. The molecule has 7 nitrogen and oxygen atoms in total. The molecule has 0 atom stereocenters. The lowest BCUT2D eigenvalue weighted by molar-refractivity contribution is -0.113. The summed E-state index contributed by atoms with van der Waals surface area (Å²) in [5, 5.41) is 14.0. The number of benzene rings is 3. The molecule has 0 aliphatic rings. The third-order valence-electron chi connectivity index (χ3n) is 4.59. The van der Waals surface area contributed by atoms with Crippen LogP contribution in [0, 0.1) is 6.92 Å². The van der Waals surface area contributed by atoms with Crippen molar-refractivity contribution in [3.63, 3.8) is 0 Å². The van der Waals surface area contributed by atoms with Crippen LogP contribution in [0.1, 0.15) is 15.9 Å². The van der Waals surface area contributed by atoms with E-state index in [-0.39, 0.29) is 17.6 Å². The minimum absolute atomic E-state index is 0.0596.